The van der Waals surface area contributed by atoms with E-state index in [0.717, 1.165) is 12.0 Å². The van der Waals surface area contributed by atoms with E-state index in [1.165, 1.54) is 0 Å². The highest BCUT2D eigenvalue weighted by Gasteiger charge is 2.15. The van der Waals surface area contributed by atoms with Crippen molar-refractivity contribution in [2.24, 2.45) is 0 Å². The molecule has 0 fully saturated rings. The van der Waals surface area contributed by atoms with Crippen LogP contribution in [0.15, 0.2) is 53.3 Å². The maximum Gasteiger partial charge on any atom is 0.258 e. The van der Waals surface area contributed by atoms with Gasteiger partial charge in [0.2, 0.25) is 0 Å². The van der Waals surface area contributed by atoms with Crippen LogP contribution in [0.3, 0.4) is 0 Å². The highest BCUT2D eigenvalue weighted by Crippen LogP contribution is 2.15. The van der Waals surface area contributed by atoms with Crippen molar-refractivity contribution in [3.63, 3.8) is 0 Å². The molecule has 1 N–H and O–H groups in total. The van der Waals surface area contributed by atoms with Crippen LogP contribution >= 0.6 is 0 Å². The summed E-state index contributed by atoms with van der Waals surface area (Å²) in [5, 5.41) is 9.71. The predicted molar refractivity (Wildman–Crippen MR) is 103 cm³/mol. The van der Waals surface area contributed by atoms with Crippen LogP contribution in [0.4, 0.5) is 0 Å². The zero-order valence-electron chi connectivity index (χ0n) is 15.1. The Balaban J connectivity index is 1.89. The summed E-state index contributed by atoms with van der Waals surface area (Å²) in [6.07, 6.45) is 0.982. The maximum absolute atomic E-state index is 12.3. The molecule has 3 aromatic rings. The van der Waals surface area contributed by atoms with Crippen LogP contribution in [0.2, 0.25) is 0 Å². The summed E-state index contributed by atoms with van der Waals surface area (Å²) in [6.45, 7) is 5.54. The highest BCUT2D eigenvalue weighted by atomic mass is 16.1. The zero-order valence-corrected chi connectivity index (χ0v) is 15.1. The minimum atomic E-state index is -0.110. The normalized spacial score (nSPS) is 12.2. The molecular formula is C21H22N4O. The van der Waals surface area contributed by atoms with Gasteiger partial charge in [-0.3, -0.25) is 9.69 Å². The minimum absolute atomic E-state index is 0.110. The van der Waals surface area contributed by atoms with Gasteiger partial charge in [0.25, 0.3) is 5.56 Å². The summed E-state index contributed by atoms with van der Waals surface area (Å²) in [5.74, 6) is 0.658. The molecule has 1 aromatic heterocycles. The van der Waals surface area contributed by atoms with Crippen LogP contribution in [-0.4, -0.2) is 20.9 Å². The number of hydrogen-bond acceptors (Lipinski definition) is 4. The molecule has 0 bridgehead atoms. The monoisotopic (exact) mass is 346 g/mol. The third kappa shape index (κ3) is 3.98. The van der Waals surface area contributed by atoms with Crippen molar-refractivity contribution in [1.29, 1.82) is 5.26 Å². The standard InChI is InChI=1S/C21H22N4O/c1-3-15(2)25(13-17-8-6-7-16(11-17)12-22)14-20-23-19-10-5-4-9-18(19)21(26)24-20/h4-11,15H,3,13-14H2,1-2H3,(H,23,24,26)/t15-/m1/s1. The van der Waals surface area contributed by atoms with E-state index in [0.29, 0.717) is 41.4 Å². The number of hydrogen-bond donors (Lipinski definition) is 1. The van der Waals surface area contributed by atoms with E-state index in [4.69, 9.17) is 5.26 Å². The van der Waals surface area contributed by atoms with Crippen LogP contribution in [0.1, 0.15) is 37.2 Å². The molecule has 0 aliphatic rings. The van der Waals surface area contributed by atoms with Crippen LogP contribution in [0.25, 0.3) is 10.9 Å². The second-order valence-corrected chi connectivity index (χ2v) is 6.50. The molecule has 0 radical (unpaired) electrons. The summed E-state index contributed by atoms with van der Waals surface area (Å²) in [6, 6.07) is 17.5. The molecule has 0 aliphatic heterocycles. The molecule has 5 heteroatoms. The first kappa shape index (κ1) is 17.8. The lowest BCUT2D eigenvalue weighted by Crippen LogP contribution is -2.33. The van der Waals surface area contributed by atoms with Gasteiger partial charge in [-0.1, -0.05) is 31.2 Å². The average Bonchev–Trinajstić information content (AvgIpc) is 2.67. The van der Waals surface area contributed by atoms with Gasteiger partial charge in [-0.2, -0.15) is 5.26 Å². The van der Waals surface area contributed by atoms with Crippen molar-refractivity contribution in [3.8, 4) is 6.07 Å². The van der Waals surface area contributed by atoms with E-state index < -0.39 is 0 Å². The minimum Gasteiger partial charge on any atom is -0.309 e. The Hall–Kier alpha value is -2.97. The molecule has 3 rings (SSSR count). The first-order valence-corrected chi connectivity index (χ1v) is 8.81. The molecule has 2 aromatic carbocycles. The molecule has 26 heavy (non-hydrogen) atoms. The molecule has 0 aliphatic carbocycles. The van der Waals surface area contributed by atoms with Crippen LogP contribution in [0.5, 0.6) is 0 Å². The van der Waals surface area contributed by atoms with E-state index in [1.807, 2.05) is 36.4 Å². The fourth-order valence-electron chi connectivity index (χ4n) is 3.00. The van der Waals surface area contributed by atoms with Gasteiger partial charge in [-0.05, 0) is 43.2 Å². The van der Waals surface area contributed by atoms with Crippen molar-refractivity contribution < 1.29 is 0 Å². The molecule has 5 nitrogen and oxygen atoms in total. The second kappa shape index (κ2) is 7.94. The first-order valence-electron chi connectivity index (χ1n) is 8.81. The molecule has 0 saturated carbocycles. The fraction of sp³-hybridized carbons (Fsp3) is 0.286. The summed E-state index contributed by atoms with van der Waals surface area (Å²) in [7, 11) is 0. The maximum atomic E-state index is 12.3. The summed E-state index contributed by atoms with van der Waals surface area (Å²) in [4.78, 5) is 22.1. The number of benzene rings is 2. The molecule has 1 atom stereocenters. The lowest BCUT2D eigenvalue weighted by Gasteiger charge is -2.28. The number of H-pyrrole nitrogens is 1. The van der Waals surface area contributed by atoms with E-state index in [-0.39, 0.29) is 5.56 Å². The van der Waals surface area contributed by atoms with Gasteiger partial charge in [0.1, 0.15) is 5.82 Å². The third-order valence-corrected chi connectivity index (χ3v) is 4.67. The molecule has 0 saturated heterocycles. The van der Waals surface area contributed by atoms with E-state index >= 15 is 0 Å². The molecule has 1 heterocycles. The largest absolute Gasteiger partial charge is 0.309 e. The highest BCUT2D eigenvalue weighted by molar-refractivity contribution is 5.77. The average molecular weight is 346 g/mol. The van der Waals surface area contributed by atoms with Crippen LogP contribution in [-0.2, 0) is 13.1 Å². The van der Waals surface area contributed by atoms with Crippen molar-refractivity contribution >= 4 is 10.9 Å². The Kier molecular flexibility index (Phi) is 5.45. The third-order valence-electron chi connectivity index (χ3n) is 4.67. The van der Waals surface area contributed by atoms with Gasteiger partial charge < -0.3 is 4.98 Å². The van der Waals surface area contributed by atoms with Crippen molar-refractivity contribution in [1.82, 2.24) is 14.9 Å². The Morgan fingerprint density at radius 2 is 2.00 bits per heavy atom. The number of fused-ring (bicyclic) bond motifs is 1. The molecule has 0 amide bonds. The Morgan fingerprint density at radius 1 is 1.19 bits per heavy atom. The van der Waals surface area contributed by atoms with Gasteiger partial charge in [0.05, 0.1) is 29.1 Å². The Labute approximate surface area is 152 Å². The predicted octanol–water partition coefficient (Wildman–Crippen LogP) is 3.60. The second-order valence-electron chi connectivity index (χ2n) is 6.50. The van der Waals surface area contributed by atoms with Crippen LogP contribution in [0, 0.1) is 11.3 Å². The van der Waals surface area contributed by atoms with Crippen molar-refractivity contribution in [3.05, 3.63) is 75.8 Å². The van der Waals surface area contributed by atoms with Crippen molar-refractivity contribution in [2.45, 2.75) is 39.4 Å². The van der Waals surface area contributed by atoms with Gasteiger partial charge in [0.15, 0.2) is 0 Å². The zero-order chi connectivity index (χ0) is 18.5. The van der Waals surface area contributed by atoms with E-state index in [9.17, 15) is 4.79 Å². The fourth-order valence-corrected chi connectivity index (χ4v) is 3.00. The quantitative estimate of drug-likeness (QED) is 0.740. The summed E-state index contributed by atoms with van der Waals surface area (Å²) in [5.41, 5.74) is 2.33. The SMILES string of the molecule is CC[C@@H](C)N(Cc1cccc(C#N)c1)Cc1nc2ccccc2c(=O)[nH]1. The van der Waals surface area contributed by atoms with E-state index in [1.54, 1.807) is 12.1 Å². The lowest BCUT2D eigenvalue weighted by molar-refractivity contribution is 0.181. The number of nitrogens with one attached hydrogen (secondary N) is 1. The van der Waals surface area contributed by atoms with E-state index in [2.05, 4.69) is 34.8 Å². The van der Waals surface area contributed by atoms with Crippen molar-refractivity contribution in [2.75, 3.05) is 0 Å². The molecule has 0 unspecified atom stereocenters. The van der Waals surface area contributed by atoms with Gasteiger partial charge in [-0.15, -0.1) is 0 Å². The number of para-hydroxylation sites is 1. The Morgan fingerprint density at radius 3 is 2.77 bits per heavy atom. The Bertz CT molecular complexity index is 1000. The lowest BCUT2D eigenvalue weighted by atomic mass is 10.1. The number of aromatic nitrogens is 2. The van der Waals surface area contributed by atoms with Gasteiger partial charge >= 0.3 is 0 Å². The van der Waals surface area contributed by atoms with Gasteiger partial charge in [0, 0.05) is 12.6 Å². The number of rotatable bonds is 6. The topological polar surface area (TPSA) is 72.8 Å². The smallest absolute Gasteiger partial charge is 0.258 e. The van der Waals surface area contributed by atoms with Crippen LogP contribution < -0.4 is 5.56 Å². The number of nitrogens with zero attached hydrogens (tertiary/aromatic N) is 3. The molecular weight excluding hydrogens is 324 g/mol. The molecule has 132 valence electrons. The summed E-state index contributed by atoms with van der Waals surface area (Å²) >= 11 is 0. The summed E-state index contributed by atoms with van der Waals surface area (Å²) < 4.78 is 0. The first-order chi connectivity index (χ1) is 12.6. The van der Waals surface area contributed by atoms with Gasteiger partial charge in [-0.25, -0.2) is 4.98 Å². The number of nitriles is 1. The number of aromatic amines is 1. The molecule has 0 spiro atoms.